The molecule has 6 nitrogen and oxygen atoms in total. The van der Waals surface area contributed by atoms with Crippen LogP contribution in [0.1, 0.15) is 5.82 Å². The number of aromatic nitrogens is 3. The number of carbonyl (C=O) groups is 1. The van der Waals surface area contributed by atoms with Crippen molar-refractivity contribution < 1.29 is 9.53 Å². The molecule has 0 unspecified atom stereocenters. The molecule has 0 aliphatic heterocycles. The average molecular weight is 509 g/mol. The quantitative estimate of drug-likeness (QED) is 0.232. The predicted octanol–water partition coefficient (Wildman–Crippen LogP) is 5.69. The number of halogens is 1. The summed E-state index contributed by atoms with van der Waals surface area (Å²) >= 11 is 4.74. The number of nitrogens with zero attached hydrogens (tertiary/aromatic N) is 3. The third-order valence-electron chi connectivity index (χ3n) is 4.68. The Bertz CT molecular complexity index is 1240. The van der Waals surface area contributed by atoms with Crippen LogP contribution in [-0.2, 0) is 17.9 Å². The summed E-state index contributed by atoms with van der Waals surface area (Å²) in [5.74, 6) is 1.52. The fourth-order valence-corrected chi connectivity index (χ4v) is 4.21. The topological polar surface area (TPSA) is 69.0 Å². The van der Waals surface area contributed by atoms with E-state index in [2.05, 4.69) is 38.0 Å². The van der Waals surface area contributed by atoms with E-state index in [4.69, 9.17) is 4.74 Å². The van der Waals surface area contributed by atoms with E-state index in [1.807, 2.05) is 71.3 Å². The van der Waals surface area contributed by atoms with E-state index in [0.717, 1.165) is 26.7 Å². The monoisotopic (exact) mass is 508 g/mol. The van der Waals surface area contributed by atoms with Gasteiger partial charge in [0.15, 0.2) is 11.0 Å². The van der Waals surface area contributed by atoms with E-state index in [1.54, 1.807) is 6.08 Å². The lowest BCUT2D eigenvalue weighted by atomic mass is 10.1. The third-order valence-corrected chi connectivity index (χ3v) is 6.18. The zero-order valence-electron chi connectivity index (χ0n) is 17.2. The van der Waals surface area contributed by atoms with Crippen molar-refractivity contribution in [3.63, 3.8) is 0 Å². The van der Waals surface area contributed by atoms with E-state index in [-0.39, 0.29) is 18.3 Å². The van der Waals surface area contributed by atoms with Gasteiger partial charge in [0, 0.05) is 22.1 Å². The summed E-state index contributed by atoms with van der Waals surface area (Å²) in [6.07, 6.45) is 1.77. The second-order valence-corrected chi connectivity index (χ2v) is 8.76. The molecule has 0 radical (unpaired) electrons. The number of hydrogen-bond acceptors (Lipinski definition) is 5. The van der Waals surface area contributed by atoms with Gasteiger partial charge >= 0.3 is 0 Å². The molecule has 8 heteroatoms. The maximum absolute atomic E-state index is 12.6. The number of ether oxygens (including phenoxy) is 1. The van der Waals surface area contributed by atoms with Gasteiger partial charge in [0.2, 0.25) is 5.91 Å². The van der Waals surface area contributed by atoms with Crippen molar-refractivity contribution in [2.24, 2.45) is 0 Å². The number of benzene rings is 3. The summed E-state index contributed by atoms with van der Waals surface area (Å²) in [5, 5.41) is 14.2. The molecule has 0 fully saturated rings. The molecule has 162 valence electrons. The molecule has 0 aliphatic carbocycles. The number of amides is 1. The molecule has 4 aromatic rings. The zero-order valence-corrected chi connectivity index (χ0v) is 19.6. The van der Waals surface area contributed by atoms with Gasteiger partial charge in [-0.3, -0.25) is 9.36 Å². The van der Waals surface area contributed by atoms with Gasteiger partial charge in [-0.05, 0) is 35.7 Å². The molecule has 0 saturated carbocycles. The number of carbonyl (C=O) groups excluding carboxylic acids is 1. The fourth-order valence-electron chi connectivity index (χ4n) is 3.17. The van der Waals surface area contributed by atoms with Gasteiger partial charge in [0.25, 0.3) is 0 Å². The second kappa shape index (κ2) is 10.5. The van der Waals surface area contributed by atoms with Crippen LogP contribution in [-0.4, -0.2) is 26.4 Å². The molecule has 4 rings (SSSR count). The van der Waals surface area contributed by atoms with Crippen molar-refractivity contribution in [1.82, 2.24) is 14.8 Å². The summed E-state index contributed by atoms with van der Waals surface area (Å²) in [5.41, 5.74) is 0.796. The summed E-state index contributed by atoms with van der Waals surface area (Å²) in [4.78, 5) is 12.6. The molecule has 0 saturated heterocycles. The van der Waals surface area contributed by atoms with Gasteiger partial charge in [-0.25, -0.2) is 0 Å². The van der Waals surface area contributed by atoms with Crippen LogP contribution in [0.25, 0.3) is 10.8 Å². The minimum atomic E-state index is -0.104. The minimum absolute atomic E-state index is 0.104. The first-order chi connectivity index (χ1) is 15.6. The Morgan fingerprint density at radius 2 is 1.88 bits per heavy atom. The molecule has 0 spiro atoms. The van der Waals surface area contributed by atoms with Crippen LogP contribution >= 0.6 is 27.7 Å². The summed E-state index contributed by atoms with van der Waals surface area (Å²) < 4.78 is 8.72. The van der Waals surface area contributed by atoms with Gasteiger partial charge in [-0.1, -0.05) is 70.2 Å². The Kier molecular flexibility index (Phi) is 7.24. The molecular formula is C24H21BrN4O2S. The number of hydrogen-bond donors (Lipinski definition) is 1. The zero-order chi connectivity index (χ0) is 22.3. The van der Waals surface area contributed by atoms with Crippen LogP contribution < -0.4 is 10.1 Å². The standard InChI is InChI=1S/C24H21BrN4O2S/c1-2-14-29-22(15-31-19-12-10-18(25)11-13-19)27-28-24(29)32-16-23(30)26-21-9-5-7-17-6-3-4-8-20(17)21/h2-13H,1,14-16H2,(H,26,30). The Morgan fingerprint density at radius 1 is 1.09 bits per heavy atom. The van der Waals surface area contributed by atoms with Crippen molar-refractivity contribution in [3.05, 3.63) is 89.7 Å². The highest BCUT2D eigenvalue weighted by Gasteiger charge is 2.15. The Hall–Kier alpha value is -3.10. The Morgan fingerprint density at radius 3 is 2.69 bits per heavy atom. The van der Waals surface area contributed by atoms with Gasteiger partial charge in [0.1, 0.15) is 12.4 Å². The molecular weight excluding hydrogens is 488 g/mol. The molecule has 1 N–H and O–H groups in total. The van der Waals surface area contributed by atoms with Gasteiger partial charge in [0.05, 0.1) is 5.75 Å². The molecule has 1 amide bonds. The molecule has 1 heterocycles. The van der Waals surface area contributed by atoms with E-state index in [0.29, 0.717) is 17.5 Å². The number of anilines is 1. The highest BCUT2D eigenvalue weighted by Crippen LogP contribution is 2.24. The number of fused-ring (bicyclic) bond motifs is 1. The van der Waals surface area contributed by atoms with Crippen molar-refractivity contribution in [3.8, 4) is 5.75 Å². The normalized spacial score (nSPS) is 10.8. The maximum atomic E-state index is 12.6. The molecule has 0 atom stereocenters. The average Bonchev–Trinajstić information content (AvgIpc) is 3.19. The maximum Gasteiger partial charge on any atom is 0.234 e. The lowest BCUT2D eigenvalue weighted by molar-refractivity contribution is -0.113. The molecule has 1 aromatic heterocycles. The predicted molar refractivity (Wildman–Crippen MR) is 132 cm³/mol. The number of thioether (sulfide) groups is 1. The second-order valence-electron chi connectivity index (χ2n) is 6.90. The molecule has 0 aliphatic rings. The first-order valence-corrected chi connectivity index (χ1v) is 11.7. The lowest BCUT2D eigenvalue weighted by Crippen LogP contribution is -2.15. The van der Waals surface area contributed by atoms with Crippen LogP contribution in [0.3, 0.4) is 0 Å². The van der Waals surface area contributed by atoms with Crippen LogP contribution in [0, 0.1) is 0 Å². The van der Waals surface area contributed by atoms with Crippen LogP contribution in [0.2, 0.25) is 0 Å². The smallest absolute Gasteiger partial charge is 0.234 e. The number of rotatable bonds is 9. The Labute approximate surface area is 198 Å². The minimum Gasteiger partial charge on any atom is -0.486 e. The Balaban J connectivity index is 1.40. The molecule has 0 bridgehead atoms. The van der Waals surface area contributed by atoms with Crippen LogP contribution in [0.4, 0.5) is 5.69 Å². The number of allylic oxidation sites excluding steroid dienone is 1. The SMILES string of the molecule is C=CCn1c(COc2ccc(Br)cc2)nnc1SCC(=O)Nc1cccc2ccccc12. The van der Waals surface area contributed by atoms with E-state index < -0.39 is 0 Å². The fraction of sp³-hybridized carbons (Fsp3) is 0.125. The van der Waals surface area contributed by atoms with E-state index in [1.165, 1.54) is 11.8 Å². The van der Waals surface area contributed by atoms with Crippen molar-refractivity contribution >= 4 is 50.1 Å². The van der Waals surface area contributed by atoms with Crippen LogP contribution in [0.15, 0.2) is 89.0 Å². The summed E-state index contributed by atoms with van der Waals surface area (Å²) in [7, 11) is 0. The number of nitrogens with one attached hydrogen (secondary N) is 1. The van der Waals surface area contributed by atoms with Crippen LogP contribution in [0.5, 0.6) is 5.75 Å². The highest BCUT2D eigenvalue weighted by molar-refractivity contribution is 9.10. The van der Waals surface area contributed by atoms with E-state index >= 15 is 0 Å². The van der Waals surface area contributed by atoms with Gasteiger partial charge in [-0.15, -0.1) is 16.8 Å². The van der Waals surface area contributed by atoms with E-state index in [9.17, 15) is 4.79 Å². The largest absolute Gasteiger partial charge is 0.486 e. The lowest BCUT2D eigenvalue weighted by Gasteiger charge is -2.10. The summed E-state index contributed by atoms with van der Waals surface area (Å²) in [6, 6.07) is 21.4. The first-order valence-electron chi connectivity index (χ1n) is 9.96. The summed E-state index contributed by atoms with van der Waals surface area (Å²) in [6.45, 7) is 4.61. The highest BCUT2D eigenvalue weighted by atomic mass is 79.9. The van der Waals surface area contributed by atoms with Gasteiger partial charge in [-0.2, -0.15) is 0 Å². The van der Waals surface area contributed by atoms with Crippen molar-refractivity contribution in [1.29, 1.82) is 0 Å². The van der Waals surface area contributed by atoms with Crippen molar-refractivity contribution in [2.75, 3.05) is 11.1 Å². The van der Waals surface area contributed by atoms with Crippen molar-refractivity contribution in [2.45, 2.75) is 18.3 Å². The molecule has 32 heavy (non-hydrogen) atoms. The van der Waals surface area contributed by atoms with Gasteiger partial charge < -0.3 is 10.1 Å². The third kappa shape index (κ3) is 5.38. The molecule has 3 aromatic carbocycles. The first kappa shape index (κ1) is 22.1.